The fraction of sp³-hybridized carbons (Fsp3) is 0.333. The fourth-order valence-corrected chi connectivity index (χ4v) is 4.98. The summed E-state index contributed by atoms with van der Waals surface area (Å²) < 4.78 is 0. The number of benzene rings is 3. The van der Waals surface area contributed by atoms with E-state index in [0.717, 1.165) is 36.8 Å². The van der Waals surface area contributed by atoms with Gasteiger partial charge in [0.05, 0.1) is 11.3 Å². The Morgan fingerprint density at radius 2 is 1.46 bits per heavy atom. The average molecular weight is 500 g/mol. The van der Waals surface area contributed by atoms with E-state index in [1.54, 1.807) is 23.1 Å². The van der Waals surface area contributed by atoms with Crippen molar-refractivity contribution in [3.05, 3.63) is 112 Å². The van der Waals surface area contributed by atoms with E-state index in [1.165, 1.54) is 12.5 Å². The molecule has 0 radical (unpaired) electrons. The molecule has 7 nitrogen and oxygen atoms in total. The van der Waals surface area contributed by atoms with E-state index >= 15 is 0 Å². The van der Waals surface area contributed by atoms with Gasteiger partial charge in [0.25, 0.3) is 5.69 Å². The number of nitro benzene ring substituents is 1. The zero-order chi connectivity index (χ0) is 26.0. The third kappa shape index (κ3) is 7.26. The molecule has 1 N–H and O–H groups in total. The van der Waals surface area contributed by atoms with Gasteiger partial charge in [-0.1, -0.05) is 98.1 Å². The second kappa shape index (κ2) is 12.8. The van der Waals surface area contributed by atoms with Crippen LogP contribution in [-0.2, 0) is 29.0 Å². The van der Waals surface area contributed by atoms with Crippen molar-refractivity contribution in [2.75, 3.05) is 0 Å². The first-order valence-electron chi connectivity index (χ1n) is 12.9. The maximum absolute atomic E-state index is 13.8. The highest BCUT2D eigenvalue weighted by atomic mass is 16.6. The molecule has 0 aromatic heterocycles. The third-order valence-electron chi connectivity index (χ3n) is 6.95. The highest BCUT2D eigenvalue weighted by Crippen LogP contribution is 2.23. The van der Waals surface area contributed by atoms with E-state index in [4.69, 9.17) is 0 Å². The minimum Gasteiger partial charge on any atom is -0.352 e. The first-order chi connectivity index (χ1) is 18.0. The van der Waals surface area contributed by atoms with E-state index in [-0.39, 0.29) is 36.5 Å². The number of hydrogen-bond acceptors (Lipinski definition) is 4. The molecule has 192 valence electrons. The van der Waals surface area contributed by atoms with Gasteiger partial charge in [-0.3, -0.25) is 19.7 Å². The predicted octanol–water partition coefficient (Wildman–Crippen LogP) is 5.23. The second-order valence-electron chi connectivity index (χ2n) is 9.62. The van der Waals surface area contributed by atoms with Gasteiger partial charge in [-0.05, 0) is 24.0 Å². The van der Waals surface area contributed by atoms with Gasteiger partial charge in [0.15, 0.2) is 0 Å². The van der Waals surface area contributed by atoms with Crippen molar-refractivity contribution < 1.29 is 14.5 Å². The fourth-order valence-electron chi connectivity index (χ4n) is 4.98. The van der Waals surface area contributed by atoms with Crippen LogP contribution in [0.5, 0.6) is 0 Å². The van der Waals surface area contributed by atoms with E-state index in [9.17, 15) is 19.7 Å². The van der Waals surface area contributed by atoms with Crippen LogP contribution in [0.1, 0.15) is 48.8 Å². The Hall–Kier alpha value is -4.00. The van der Waals surface area contributed by atoms with Crippen LogP contribution < -0.4 is 5.32 Å². The Morgan fingerprint density at radius 3 is 2.11 bits per heavy atom. The molecule has 4 rings (SSSR count). The van der Waals surface area contributed by atoms with Crippen molar-refractivity contribution in [3.63, 3.8) is 0 Å². The number of hydrogen-bond donors (Lipinski definition) is 1. The number of nitro groups is 1. The van der Waals surface area contributed by atoms with Crippen LogP contribution >= 0.6 is 0 Å². The summed E-state index contributed by atoms with van der Waals surface area (Å²) >= 11 is 0. The number of amides is 2. The van der Waals surface area contributed by atoms with Crippen LogP contribution in [0, 0.1) is 10.1 Å². The quantitative estimate of drug-likeness (QED) is 0.306. The van der Waals surface area contributed by atoms with Crippen molar-refractivity contribution in [3.8, 4) is 0 Å². The molecule has 2 amide bonds. The lowest BCUT2D eigenvalue weighted by Crippen LogP contribution is -2.53. The third-order valence-corrected chi connectivity index (χ3v) is 6.95. The summed E-state index contributed by atoms with van der Waals surface area (Å²) in [5, 5.41) is 14.8. The summed E-state index contributed by atoms with van der Waals surface area (Å²) in [6.07, 6.45) is 5.41. The smallest absolute Gasteiger partial charge is 0.273 e. The summed E-state index contributed by atoms with van der Waals surface area (Å²) in [4.78, 5) is 40.3. The van der Waals surface area contributed by atoms with Crippen LogP contribution in [0.4, 0.5) is 5.69 Å². The van der Waals surface area contributed by atoms with Crippen LogP contribution in [0.15, 0.2) is 84.9 Å². The van der Waals surface area contributed by atoms with Gasteiger partial charge in [-0.25, -0.2) is 0 Å². The van der Waals surface area contributed by atoms with Crippen LogP contribution in [0.3, 0.4) is 0 Å². The van der Waals surface area contributed by atoms with Gasteiger partial charge >= 0.3 is 0 Å². The maximum Gasteiger partial charge on any atom is 0.273 e. The Balaban J connectivity index is 1.67. The molecule has 0 aliphatic heterocycles. The summed E-state index contributed by atoms with van der Waals surface area (Å²) in [5.41, 5.74) is 2.08. The number of nitrogens with zero attached hydrogens (tertiary/aromatic N) is 2. The van der Waals surface area contributed by atoms with Crippen molar-refractivity contribution in [2.45, 2.75) is 63.6 Å². The zero-order valence-electron chi connectivity index (χ0n) is 20.9. The SMILES string of the molecule is O=C(NC1CCCCC1)[C@@H](Cc1ccccc1)N(Cc1ccccc1)C(=O)Cc1ccccc1[N+](=O)[O-]. The molecule has 0 spiro atoms. The Morgan fingerprint density at radius 1 is 0.865 bits per heavy atom. The molecule has 3 aromatic rings. The second-order valence-corrected chi connectivity index (χ2v) is 9.62. The largest absolute Gasteiger partial charge is 0.352 e. The van der Waals surface area contributed by atoms with E-state index in [2.05, 4.69) is 5.32 Å². The minimum atomic E-state index is -0.750. The molecule has 1 fully saturated rings. The highest BCUT2D eigenvalue weighted by Gasteiger charge is 2.32. The molecule has 0 heterocycles. The molecule has 0 unspecified atom stereocenters. The minimum absolute atomic E-state index is 0.0956. The number of para-hydroxylation sites is 1. The van der Waals surface area contributed by atoms with Crippen molar-refractivity contribution in [2.24, 2.45) is 0 Å². The number of nitrogens with one attached hydrogen (secondary N) is 1. The van der Waals surface area contributed by atoms with E-state index < -0.39 is 11.0 Å². The van der Waals surface area contributed by atoms with Gasteiger partial charge in [-0.2, -0.15) is 0 Å². The summed E-state index contributed by atoms with van der Waals surface area (Å²) in [5.74, 6) is -0.500. The first-order valence-corrected chi connectivity index (χ1v) is 12.9. The molecule has 0 saturated heterocycles. The predicted molar refractivity (Wildman–Crippen MR) is 143 cm³/mol. The standard InChI is InChI=1S/C30H33N3O4/c34-29(21-25-16-10-11-19-27(25)33(36)37)32(22-24-14-6-2-7-15-24)28(20-23-12-4-1-5-13-23)30(35)31-26-17-8-3-9-18-26/h1-2,4-7,10-16,19,26,28H,3,8-9,17-18,20-22H2,(H,31,35)/t28-/m1/s1. The first kappa shape index (κ1) is 26.1. The monoisotopic (exact) mass is 499 g/mol. The van der Waals surface area contributed by atoms with Crippen molar-refractivity contribution in [1.29, 1.82) is 0 Å². The van der Waals surface area contributed by atoms with Crippen LogP contribution in [0.25, 0.3) is 0 Å². The van der Waals surface area contributed by atoms with Gasteiger partial charge in [-0.15, -0.1) is 0 Å². The van der Waals surface area contributed by atoms with Crippen molar-refractivity contribution >= 4 is 17.5 Å². The lowest BCUT2D eigenvalue weighted by Gasteiger charge is -2.33. The summed E-state index contributed by atoms with van der Waals surface area (Å²) in [6.45, 7) is 0.232. The van der Waals surface area contributed by atoms with Crippen LogP contribution in [0.2, 0.25) is 0 Å². The zero-order valence-corrected chi connectivity index (χ0v) is 20.9. The average Bonchev–Trinajstić information content (AvgIpc) is 2.92. The van der Waals surface area contributed by atoms with E-state index in [1.807, 2.05) is 60.7 Å². The Kier molecular flexibility index (Phi) is 9.03. The Bertz CT molecular complexity index is 1190. The summed E-state index contributed by atoms with van der Waals surface area (Å²) in [7, 11) is 0. The molecule has 1 aliphatic rings. The van der Waals surface area contributed by atoms with Crippen LogP contribution in [-0.4, -0.2) is 33.7 Å². The molecule has 3 aromatic carbocycles. The summed E-state index contributed by atoms with van der Waals surface area (Å²) in [6, 6.07) is 24.8. The highest BCUT2D eigenvalue weighted by molar-refractivity contribution is 5.89. The molecule has 7 heteroatoms. The lowest BCUT2D eigenvalue weighted by atomic mass is 9.94. The number of carbonyl (C=O) groups excluding carboxylic acids is 2. The molecular formula is C30H33N3O4. The number of carbonyl (C=O) groups is 2. The molecule has 1 saturated carbocycles. The van der Waals surface area contributed by atoms with Gasteiger partial charge in [0, 0.05) is 30.6 Å². The maximum atomic E-state index is 13.8. The van der Waals surface area contributed by atoms with E-state index in [0.29, 0.717) is 12.0 Å². The molecule has 1 aliphatic carbocycles. The molecular weight excluding hydrogens is 466 g/mol. The van der Waals surface area contributed by atoms with Gasteiger partial charge in [0.1, 0.15) is 6.04 Å². The molecule has 1 atom stereocenters. The van der Waals surface area contributed by atoms with Gasteiger partial charge < -0.3 is 10.2 Å². The lowest BCUT2D eigenvalue weighted by molar-refractivity contribution is -0.385. The Labute approximate surface area is 217 Å². The topological polar surface area (TPSA) is 92.6 Å². The normalized spacial score (nSPS) is 14.5. The molecule has 0 bridgehead atoms. The number of rotatable bonds is 10. The van der Waals surface area contributed by atoms with Crippen molar-refractivity contribution in [1.82, 2.24) is 10.2 Å². The molecule has 37 heavy (non-hydrogen) atoms. The van der Waals surface area contributed by atoms with Gasteiger partial charge in [0.2, 0.25) is 11.8 Å².